The quantitative estimate of drug-likeness (QED) is 0.408. The van der Waals surface area contributed by atoms with Gasteiger partial charge in [0.15, 0.2) is 0 Å². The van der Waals surface area contributed by atoms with Gasteiger partial charge in [0, 0.05) is 7.05 Å². The first kappa shape index (κ1) is 11.5. The van der Waals surface area contributed by atoms with Crippen LogP contribution in [0.25, 0.3) is 0 Å². The van der Waals surface area contributed by atoms with E-state index in [1.807, 2.05) is 20.8 Å². The SMILES string of the molecule is C=CSC(C)=NC.CC. The van der Waals surface area contributed by atoms with E-state index in [0.29, 0.717) is 0 Å². The summed E-state index contributed by atoms with van der Waals surface area (Å²) in [6.45, 7) is 9.48. The average molecular weight is 145 g/mol. The van der Waals surface area contributed by atoms with E-state index in [1.165, 1.54) is 0 Å². The van der Waals surface area contributed by atoms with Crippen molar-refractivity contribution in [2.24, 2.45) is 4.99 Å². The summed E-state index contributed by atoms with van der Waals surface area (Å²) in [4.78, 5) is 3.89. The molecule has 0 fully saturated rings. The molecule has 9 heavy (non-hydrogen) atoms. The number of hydrogen-bond donors (Lipinski definition) is 0. The minimum Gasteiger partial charge on any atom is -0.286 e. The monoisotopic (exact) mass is 145 g/mol. The van der Waals surface area contributed by atoms with Crippen LogP contribution in [0.3, 0.4) is 0 Å². The van der Waals surface area contributed by atoms with Crippen molar-refractivity contribution < 1.29 is 0 Å². The van der Waals surface area contributed by atoms with Gasteiger partial charge in [0.1, 0.15) is 0 Å². The first-order chi connectivity index (χ1) is 4.31. The Labute approximate surface area is 62.3 Å². The van der Waals surface area contributed by atoms with Crippen molar-refractivity contribution in [1.82, 2.24) is 0 Å². The molecule has 0 spiro atoms. The fraction of sp³-hybridized carbons (Fsp3) is 0.571. The molecule has 0 heterocycles. The molecule has 0 aromatic carbocycles. The lowest BCUT2D eigenvalue weighted by Crippen LogP contribution is -1.75. The van der Waals surface area contributed by atoms with E-state index in [0.717, 1.165) is 5.04 Å². The normalized spacial score (nSPS) is 9.56. The molecule has 0 rings (SSSR count). The second kappa shape index (κ2) is 10.7. The molecule has 0 atom stereocenters. The van der Waals surface area contributed by atoms with Crippen molar-refractivity contribution in [3.8, 4) is 0 Å². The van der Waals surface area contributed by atoms with Gasteiger partial charge in [-0.2, -0.15) is 0 Å². The molecule has 0 radical (unpaired) electrons. The van der Waals surface area contributed by atoms with Crippen molar-refractivity contribution >= 4 is 16.8 Å². The van der Waals surface area contributed by atoms with E-state index < -0.39 is 0 Å². The first-order valence-electron chi connectivity index (χ1n) is 3.02. The number of aliphatic imine (C=N–C) groups is 1. The van der Waals surface area contributed by atoms with Gasteiger partial charge in [-0.1, -0.05) is 32.2 Å². The van der Waals surface area contributed by atoms with Gasteiger partial charge in [0.05, 0.1) is 5.04 Å². The van der Waals surface area contributed by atoms with Gasteiger partial charge in [-0.3, -0.25) is 4.99 Å². The van der Waals surface area contributed by atoms with Crippen LogP contribution >= 0.6 is 11.8 Å². The van der Waals surface area contributed by atoms with Gasteiger partial charge >= 0.3 is 0 Å². The summed E-state index contributed by atoms with van der Waals surface area (Å²) >= 11 is 1.55. The van der Waals surface area contributed by atoms with E-state index in [1.54, 1.807) is 24.2 Å². The summed E-state index contributed by atoms with van der Waals surface area (Å²) < 4.78 is 0. The molecule has 1 nitrogen and oxygen atoms in total. The third-order valence-electron chi connectivity index (χ3n) is 0.569. The Morgan fingerprint density at radius 3 is 2.11 bits per heavy atom. The van der Waals surface area contributed by atoms with Gasteiger partial charge in [-0.25, -0.2) is 0 Å². The predicted molar refractivity (Wildman–Crippen MR) is 48.2 cm³/mol. The third-order valence-corrected chi connectivity index (χ3v) is 1.26. The standard InChI is InChI=1S/C5H9NS.C2H6/c1-4-7-5(2)6-3;1-2/h4H,1H2,2-3H3;1-2H3. The maximum absolute atomic E-state index is 3.89. The lowest BCUT2D eigenvalue weighted by molar-refractivity contribution is 1.45. The zero-order chi connectivity index (χ0) is 7.70. The summed E-state index contributed by atoms with van der Waals surface area (Å²) in [5.74, 6) is 0. The minimum atomic E-state index is 1.05. The Hall–Kier alpha value is -0.240. The molecule has 0 aliphatic carbocycles. The van der Waals surface area contributed by atoms with Crippen molar-refractivity contribution in [2.45, 2.75) is 20.8 Å². The molecule has 0 saturated heterocycles. The van der Waals surface area contributed by atoms with Crippen molar-refractivity contribution in [2.75, 3.05) is 7.05 Å². The van der Waals surface area contributed by atoms with E-state index in [2.05, 4.69) is 11.6 Å². The van der Waals surface area contributed by atoms with Crippen LogP contribution in [0.15, 0.2) is 17.0 Å². The number of thioether (sulfide) groups is 1. The van der Waals surface area contributed by atoms with Crippen LogP contribution in [0.5, 0.6) is 0 Å². The Balaban J connectivity index is 0. The van der Waals surface area contributed by atoms with E-state index in [4.69, 9.17) is 0 Å². The summed E-state index contributed by atoms with van der Waals surface area (Å²) in [6, 6.07) is 0. The Morgan fingerprint density at radius 1 is 1.56 bits per heavy atom. The van der Waals surface area contributed by atoms with Gasteiger partial charge in [0.2, 0.25) is 0 Å². The second-order valence-corrected chi connectivity index (χ2v) is 2.19. The Bertz CT molecular complexity index is 86.9. The zero-order valence-corrected chi connectivity index (χ0v) is 7.46. The average Bonchev–Trinajstić information content (AvgIpc) is 1.93. The predicted octanol–water partition coefficient (Wildman–Crippen LogP) is 2.94. The van der Waals surface area contributed by atoms with Crippen LogP contribution < -0.4 is 0 Å². The lowest BCUT2D eigenvalue weighted by atomic mass is 10.9. The molecule has 54 valence electrons. The summed E-state index contributed by atoms with van der Waals surface area (Å²) in [6.07, 6.45) is 0. The molecule has 2 heteroatoms. The fourth-order valence-electron chi connectivity index (χ4n) is 0.173. The highest BCUT2D eigenvalue weighted by Gasteiger charge is 1.78. The smallest absolute Gasteiger partial charge is 0.0683 e. The van der Waals surface area contributed by atoms with Crippen LogP contribution in [-0.4, -0.2) is 12.1 Å². The topological polar surface area (TPSA) is 12.4 Å². The lowest BCUT2D eigenvalue weighted by Gasteiger charge is -1.85. The van der Waals surface area contributed by atoms with Gasteiger partial charge in [-0.05, 0) is 12.3 Å². The van der Waals surface area contributed by atoms with Crippen LogP contribution in [-0.2, 0) is 0 Å². The highest BCUT2D eigenvalue weighted by atomic mass is 32.2. The Kier molecular flexibility index (Phi) is 13.7. The molecule has 0 aliphatic rings. The van der Waals surface area contributed by atoms with Crippen LogP contribution in [0.1, 0.15) is 20.8 Å². The van der Waals surface area contributed by atoms with Crippen molar-refractivity contribution in [3.63, 3.8) is 0 Å². The highest BCUT2D eigenvalue weighted by Crippen LogP contribution is 2.01. The molecule has 0 amide bonds. The maximum Gasteiger partial charge on any atom is 0.0683 e. The van der Waals surface area contributed by atoms with Gasteiger partial charge in [-0.15, -0.1) is 0 Å². The summed E-state index contributed by atoms with van der Waals surface area (Å²) in [5, 5.41) is 2.82. The first-order valence-corrected chi connectivity index (χ1v) is 3.90. The molecule has 0 saturated carbocycles. The highest BCUT2D eigenvalue weighted by molar-refractivity contribution is 8.16. The van der Waals surface area contributed by atoms with Gasteiger partial charge in [0.25, 0.3) is 0 Å². The minimum absolute atomic E-state index is 1.05. The van der Waals surface area contributed by atoms with Gasteiger partial charge < -0.3 is 0 Å². The number of nitrogens with zero attached hydrogens (tertiary/aromatic N) is 1. The molecular formula is C7H15NS. The van der Waals surface area contributed by atoms with Crippen molar-refractivity contribution in [1.29, 1.82) is 0 Å². The molecule has 0 aliphatic heterocycles. The van der Waals surface area contributed by atoms with Crippen molar-refractivity contribution in [3.05, 3.63) is 12.0 Å². The fourth-order valence-corrected chi connectivity index (χ4v) is 0.520. The van der Waals surface area contributed by atoms with E-state index in [-0.39, 0.29) is 0 Å². The third kappa shape index (κ3) is 11.4. The zero-order valence-electron chi connectivity index (χ0n) is 6.64. The van der Waals surface area contributed by atoms with E-state index in [9.17, 15) is 0 Å². The van der Waals surface area contributed by atoms with Crippen LogP contribution in [0, 0.1) is 0 Å². The molecule has 0 bridgehead atoms. The maximum atomic E-state index is 3.89. The largest absolute Gasteiger partial charge is 0.286 e. The number of rotatable bonds is 1. The second-order valence-electron chi connectivity index (χ2n) is 1.03. The molecule has 0 unspecified atom stereocenters. The molecule has 0 N–H and O–H groups in total. The molecular weight excluding hydrogens is 130 g/mol. The number of hydrogen-bond acceptors (Lipinski definition) is 2. The Morgan fingerprint density at radius 2 is 2.00 bits per heavy atom. The summed E-state index contributed by atoms with van der Waals surface area (Å²) in [5.41, 5.74) is 0. The summed E-state index contributed by atoms with van der Waals surface area (Å²) in [7, 11) is 1.77. The molecule has 0 aromatic rings. The van der Waals surface area contributed by atoms with E-state index >= 15 is 0 Å². The van der Waals surface area contributed by atoms with Crippen LogP contribution in [0.2, 0.25) is 0 Å². The molecule has 0 aromatic heterocycles. The van der Waals surface area contributed by atoms with Crippen LogP contribution in [0.4, 0.5) is 0 Å².